The van der Waals surface area contributed by atoms with Gasteiger partial charge in [-0.1, -0.05) is 12.1 Å². The van der Waals surface area contributed by atoms with Gasteiger partial charge >= 0.3 is 0 Å². The molecule has 0 fully saturated rings. The normalized spacial score (nSPS) is 10.5. The number of halogens is 4. The third kappa shape index (κ3) is 2.63. The van der Waals surface area contributed by atoms with Gasteiger partial charge in [0, 0.05) is 11.1 Å². The highest BCUT2D eigenvalue weighted by atomic mass is 19.3. The second-order valence-corrected chi connectivity index (χ2v) is 2.62. The lowest BCUT2D eigenvalue weighted by atomic mass is 10.1. The summed E-state index contributed by atoms with van der Waals surface area (Å²) in [5, 5.41) is 0. The lowest BCUT2D eigenvalue weighted by Gasteiger charge is -2.05. The number of isocyanates is 1. The molecular weight excluding hydrogens is 214 g/mol. The van der Waals surface area contributed by atoms with Crippen LogP contribution in [0.2, 0.25) is 0 Å². The van der Waals surface area contributed by atoms with E-state index < -0.39 is 29.7 Å². The summed E-state index contributed by atoms with van der Waals surface area (Å²) in [7, 11) is 0. The molecule has 0 N–H and O–H groups in total. The number of hydrogen-bond acceptors (Lipinski definition) is 2. The number of aliphatic imine (C=N–C) groups is 1. The van der Waals surface area contributed by atoms with Crippen molar-refractivity contribution in [2.45, 2.75) is 12.9 Å². The van der Waals surface area contributed by atoms with Crippen LogP contribution in [0, 0.1) is 0 Å². The second-order valence-electron chi connectivity index (χ2n) is 2.62. The predicted octanol–water partition coefficient (Wildman–Crippen LogP) is 3.53. The topological polar surface area (TPSA) is 29.4 Å². The van der Waals surface area contributed by atoms with Gasteiger partial charge in [-0.25, -0.2) is 22.4 Å². The van der Waals surface area contributed by atoms with E-state index in [1.165, 1.54) is 0 Å². The Kier molecular flexibility index (Phi) is 3.57. The molecule has 0 aromatic heterocycles. The van der Waals surface area contributed by atoms with Gasteiger partial charge in [0.1, 0.15) is 0 Å². The highest BCUT2D eigenvalue weighted by Gasteiger charge is 2.16. The summed E-state index contributed by atoms with van der Waals surface area (Å²) in [6.45, 7) is 0. The van der Waals surface area contributed by atoms with E-state index >= 15 is 0 Å². The van der Waals surface area contributed by atoms with E-state index in [0.717, 1.165) is 24.3 Å². The van der Waals surface area contributed by atoms with Crippen molar-refractivity contribution in [2.75, 3.05) is 0 Å². The SMILES string of the molecule is O=C=Nc1cc(C(F)F)ccc1C(F)F. The first-order chi connectivity index (χ1) is 7.06. The molecule has 1 rings (SSSR count). The fraction of sp³-hybridized carbons (Fsp3) is 0.222. The Bertz CT molecular complexity index is 399. The molecule has 0 bridgehead atoms. The maximum Gasteiger partial charge on any atom is 0.265 e. The van der Waals surface area contributed by atoms with Crippen LogP contribution in [0.5, 0.6) is 0 Å². The number of nitrogens with zero attached hydrogens (tertiary/aromatic N) is 1. The van der Waals surface area contributed by atoms with Crippen molar-refractivity contribution in [3.63, 3.8) is 0 Å². The Morgan fingerprint density at radius 3 is 2.27 bits per heavy atom. The maximum atomic E-state index is 12.3. The van der Waals surface area contributed by atoms with Gasteiger partial charge in [-0.05, 0) is 6.07 Å². The Morgan fingerprint density at radius 1 is 1.13 bits per heavy atom. The summed E-state index contributed by atoms with van der Waals surface area (Å²) in [5.41, 5.74) is -1.51. The quantitative estimate of drug-likeness (QED) is 0.434. The molecule has 0 atom stereocenters. The minimum absolute atomic E-state index is 0.464. The average molecular weight is 219 g/mol. The molecule has 0 spiro atoms. The zero-order valence-corrected chi connectivity index (χ0v) is 7.25. The Morgan fingerprint density at radius 2 is 1.80 bits per heavy atom. The third-order valence-electron chi connectivity index (χ3n) is 1.71. The van der Waals surface area contributed by atoms with Crippen LogP contribution in [0.25, 0.3) is 0 Å². The third-order valence-corrected chi connectivity index (χ3v) is 1.71. The van der Waals surface area contributed by atoms with Gasteiger partial charge in [0.15, 0.2) is 0 Å². The molecule has 0 aliphatic heterocycles. The first kappa shape index (κ1) is 11.4. The van der Waals surface area contributed by atoms with Crippen LogP contribution in [0.1, 0.15) is 24.0 Å². The summed E-state index contributed by atoms with van der Waals surface area (Å²) >= 11 is 0. The summed E-state index contributed by atoms with van der Waals surface area (Å²) < 4.78 is 49.0. The van der Waals surface area contributed by atoms with Crippen LogP contribution < -0.4 is 0 Å². The van der Waals surface area contributed by atoms with E-state index in [-0.39, 0.29) is 0 Å². The van der Waals surface area contributed by atoms with Crippen molar-refractivity contribution >= 4 is 11.8 Å². The van der Waals surface area contributed by atoms with Crippen LogP contribution in [0.15, 0.2) is 23.2 Å². The average Bonchev–Trinajstić information content (AvgIpc) is 2.17. The van der Waals surface area contributed by atoms with Crippen LogP contribution in [0.4, 0.5) is 23.2 Å². The Balaban J connectivity index is 3.26. The first-order valence-electron chi connectivity index (χ1n) is 3.84. The zero-order valence-electron chi connectivity index (χ0n) is 7.25. The molecule has 0 saturated heterocycles. The van der Waals surface area contributed by atoms with Gasteiger partial charge in [-0.15, -0.1) is 0 Å². The van der Waals surface area contributed by atoms with Gasteiger partial charge in [0.05, 0.1) is 5.69 Å². The van der Waals surface area contributed by atoms with Crippen molar-refractivity contribution < 1.29 is 22.4 Å². The van der Waals surface area contributed by atoms with Crippen molar-refractivity contribution in [1.82, 2.24) is 0 Å². The van der Waals surface area contributed by atoms with Crippen LogP contribution in [-0.4, -0.2) is 6.08 Å². The molecule has 0 aliphatic carbocycles. The van der Waals surface area contributed by atoms with Crippen molar-refractivity contribution in [1.29, 1.82) is 0 Å². The van der Waals surface area contributed by atoms with Gasteiger partial charge in [0.25, 0.3) is 12.9 Å². The van der Waals surface area contributed by atoms with Crippen molar-refractivity contribution in [3.05, 3.63) is 29.3 Å². The van der Waals surface area contributed by atoms with Crippen molar-refractivity contribution in [3.8, 4) is 0 Å². The maximum absolute atomic E-state index is 12.3. The molecule has 0 unspecified atom stereocenters. The molecule has 15 heavy (non-hydrogen) atoms. The van der Waals surface area contributed by atoms with Crippen LogP contribution >= 0.6 is 0 Å². The molecular formula is C9H5F4NO. The molecule has 1 aromatic carbocycles. The molecule has 0 aliphatic rings. The lowest BCUT2D eigenvalue weighted by Crippen LogP contribution is -1.89. The van der Waals surface area contributed by atoms with E-state index in [0.29, 0.717) is 0 Å². The van der Waals surface area contributed by atoms with E-state index in [4.69, 9.17) is 0 Å². The summed E-state index contributed by atoms with van der Waals surface area (Å²) in [4.78, 5) is 12.9. The monoisotopic (exact) mass is 219 g/mol. The summed E-state index contributed by atoms with van der Waals surface area (Å²) in [5.74, 6) is 0. The minimum Gasteiger partial charge on any atom is -0.211 e. The fourth-order valence-electron chi connectivity index (χ4n) is 1.03. The van der Waals surface area contributed by atoms with Gasteiger partial charge in [0.2, 0.25) is 6.08 Å². The second kappa shape index (κ2) is 4.70. The minimum atomic E-state index is -2.87. The van der Waals surface area contributed by atoms with Gasteiger partial charge < -0.3 is 0 Å². The summed E-state index contributed by atoms with van der Waals surface area (Å²) in [6.07, 6.45) is -4.62. The first-order valence-corrected chi connectivity index (χ1v) is 3.84. The van der Waals surface area contributed by atoms with E-state index in [2.05, 4.69) is 4.99 Å². The standard InChI is InChI=1S/C9H5F4NO/c10-8(11)5-1-2-6(9(12)13)7(3-5)14-4-15/h1-3,8-9H. The lowest BCUT2D eigenvalue weighted by molar-refractivity contribution is 0.147. The molecule has 1 aromatic rings. The molecule has 0 radical (unpaired) electrons. The number of alkyl halides is 4. The molecule has 0 amide bonds. The highest BCUT2D eigenvalue weighted by molar-refractivity contribution is 5.55. The number of hydrogen-bond donors (Lipinski definition) is 0. The zero-order chi connectivity index (χ0) is 11.4. The Hall–Kier alpha value is -1.68. The van der Waals surface area contributed by atoms with E-state index in [1.54, 1.807) is 0 Å². The number of carbonyl (C=O) groups excluding carboxylic acids is 1. The molecule has 6 heteroatoms. The molecule has 0 saturated carbocycles. The smallest absolute Gasteiger partial charge is 0.211 e. The van der Waals surface area contributed by atoms with Crippen LogP contribution in [-0.2, 0) is 4.79 Å². The van der Waals surface area contributed by atoms with E-state index in [1.807, 2.05) is 0 Å². The highest BCUT2D eigenvalue weighted by Crippen LogP contribution is 2.32. The Labute approximate surface area is 82.2 Å². The largest absolute Gasteiger partial charge is 0.265 e. The van der Waals surface area contributed by atoms with Gasteiger partial charge in [-0.3, -0.25) is 0 Å². The van der Waals surface area contributed by atoms with Gasteiger partial charge in [-0.2, -0.15) is 4.99 Å². The van der Waals surface area contributed by atoms with Crippen LogP contribution in [0.3, 0.4) is 0 Å². The van der Waals surface area contributed by atoms with E-state index in [9.17, 15) is 22.4 Å². The van der Waals surface area contributed by atoms with Crippen molar-refractivity contribution in [2.24, 2.45) is 4.99 Å². The fourth-order valence-corrected chi connectivity index (χ4v) is 1.03. The summed E-state index contributed by atoms with van der Waals surface area (Å²) in [6, 6.07) is 2.44. The molecule has 2 nitrogen and oxygen atoms in total. The molecule has 80 valence electrons. The molecule has 0 heterocycles. The number of rotatable bonds is 3. The predicted molar refractivity (Wildman–Crippen MR) is 44.1 cm³/mol. The number of benzene rings is 1.